The van der Waals surface area contributed by atoms with E-state index in [1.165, 1.54) is 12.1 Å². The van der Waals surface area contributed by atoms with Crippen molar-refractivity contribution in [1.82, 2.24) is 0 Å². The number of halogens is 3. The molecule has 1 unspecified atom stereocenters. The van der Waals surface area contributed by atoms with E-state index in [1.54, 1.807) is 11.3 Å². The Kier molecular flexibility index (Phi) is 3.91. The lowest BCUT2D eigenvalue weighted by molar-refractivity contribution is 0.624. The van der Waals surface area contributed by atoms with Gasteiger partial charge in [-0.3, -0.25) is 0 Å². The third-order valence-electron chi connectivity index (χ3n) is 2.48. The van der Waals surface area contributed by atoms with Crippen molar-refractivity contribution >= 4 is 38.9 Å². The minimum absolute atomic E-state index is 0.238. The summed E-state index contributed by atoms with van der Waals surface area (Å²) in [7, 11) is 0. The summed E-state index contributed by atoms with van der Waals surface area (Å²) in [4.78, 5) is 1.03. The fraction of sp³-hybridized carbons (Fsp3) is 0.231. The first-order valence-electron chi connectivity index (χ1n) is 5.14. The van der Waals surface area contributed by atoms with E-state index in [-0.39, 0.29) is 11.2 Å². The molecule has 1 aromatic carbocycles. The largest absolute Gasteiger partial charge is 0.207 e. The highest BCUT2D eigenvalue weighted by Gasteiger charge is 2.15. The molecule has 90 valence electrons. The number of benzene rings is 1. The number of aryl methyl sites for hydroxylation is 2. The van der Waals surface area contributed by atoms with Crippen LogP contribution in [-0.4, -0.2) is 0 Å². The molecule has 0 N–H and O–H groups in total. The first-order chi connectivity index (χ1) is 7.97. The Labute approximate surface area is 118 Å². The van der Waals surface area contributed by atoms with Crippen molar-refractivity contribution in [3.05, 3.63) is 55.4 Å². The second-order valence-electron chi connectivity index (χ2n) is 4.03. The third kappa shape index (κ3) is 2.90. The normalized spacial score (nSPS) is 12.8. The Morgan fingerprint density at radius 1 is 1.24 bits per heavy atom. The summed E-state index contributed by atoms with van der Waals surface area (Å²) in [5.74, 6) is -0.238. The summed E-state index contributed by atoms with van der Waals surface area (Å²) in [6.45, 7) is 3.89. The fourth-order valence-electron chi connectivity index (χ4n) is 1.68. The van der Waals surface area contributed by atoms with Gasteiger partial charge < -0.3 is 0 Å². The van der Waals surface area contributed by atoms with Crippen molar-refractivity contribution in [2.75, 3.05) is 0 Å². The number of hydrogen-bond acceptors (Lipinski definition) is 1. The molecule has 0 radical (unpaired) electrons. The second kappa shape index (κ2) is 5.09. The van der Waals surface area contributed by atoms with Crippen molar-refractivity contribution in [3.8, 4) is 0 Å². The molecule has 0 aliphatic heterocycles. The van der Waals surface area contributed by atoms with Gasteiger partial charge in [0.1, 0.15) is 5.82 Å². The molecule has 0 nitrogen and oxygen atoms in total. The minimum Gasteiger partial charge on any atom is -0.207 e. The van der Waals surface area contributed by atoms with E-state index in [1.807, 2.05) is 26.0 Å². The molecule has 1 heterocycles. The number of thiophene rings is 1. The average molecular weight is 334 g/mol. The Balaban J connectivity index is 2.39. The summed E-state index contributed by atoms with van der Waals surface area (Å²) in [5, 5.41) is -0.292. The molecule has 2 aromatic rings. The molecular weight excluding hydrogens is 323 g/mol. The van der Waals surface area contributed by atoms with Gasteiger partial charge in [-0.2, -0.15) is 0 Å². The van der Waals surface area contributed by atoms with Crippen molar-refractivity contribution < 1.29 is 4.39 Å². The van der Waals surface area contributed by atoms with E-state index in [0.717, 1.165) is 25.4 Å². The van der Waals surface area contributed by atoms with Gasteiger partial charge in [-0.05, 0) is 64.7 Å². The first-order valence-corrected chi connectivity index (χ1v) is 7.19. The average Bonchev–Trinajstić information content (AvgIpc) is 2.57. The van der Waals surface area contributed by atoms with Crippen molar-refractivity contribution in [1.29, 1.82) is 0 Å². The van der Waals surface area contributed by atoms with E-state index in [9.17, 15) is 4.39 Å². The van der Waals surface area contributed by atoms with Crippen molar-refractivity contribution in [2.45, 2.75) is 19.2 Å². The van der Waals surface area contributed by atoms with E-state index in [2.05, 4.69) is 15.9 Å². The minimum atomic E-state index is -0.292. The van der Waals surface area contributed by atoms with Gasteiger partial charge in [-0.25, -0.2) is 4.39 Å². The summed E-state index contributed by atoms with van der Waals surface area (Å²) in [5.41, 5.74) is 2.85. The monoisotopic (exact) mass is 332 g/mol. The van der Waals surface area contributed by atoms with Crippen LogP contribution in [0.3, 0.4) is 0 Å². The maximum atomic E-state index is 13.3. The molecule has 0 spiro atoms. The van der Waals surface area contributed by atoms with Crippen LogP contribution in [0.2, 0.25) is 0 Å². The third-order valence-corrected chi connectivity index (χ3v) is 5.30. The lowest BCUT2D eigenvalue weighted by Crippen LogP contribution is -1.92. The summed E-state index contributed by atoms with van der Waals surface area (Å²) < 4.78 is 14.4. The van der Waals surface area contributed by atoms with Crippen LogP contribution in [0.5, 0.6) is 0 Å². The summed E-state index contributed by atoms with van der Waals surface area (Å²) >= 11 is 11.4. The molecule has 4 heteroatoms. The highest BCUT2D eigenvalue weighted by atomic mass is 79.9. The molecule has 0 bridgehead atoms. The molecule has 0 fully saturated rings. The van der Waals surface area contributed by atoms with E-state index in [0.29, 0.717) is 0 Å². The van der Waals surface area contributed by atoms with Crippen molar-refractivity contribution in [3.63, 3.8) is 0 Å². The van der Waals surface area contributed by atoms with Gasteiger partial charge in [0, 0.05) is 4.88 Å². The number of rotatable bonds is 2. The zero-order valence-electron chi connectivity index (χ0n) is 9.43. The Bertz CT molecular complexity index is 511. The molecule has 0 saturated heterocycles. The van der Waals surface area contributed by atoms with Gasteiger partial charge in [-0.15, -0.1) is 22.9 Å². The number of alkyl halides is 1. The van der Waals surface area contributed by atoms with Crippen molar-refractivity contribution in [2.24, 2.45) is 0 Å². The predicted molar refractivity (Wildman–Crippen MR) is 75.6 cm³/mol. The molecule has 0 saturated carbocycles. The SMILES string of the molecule is Cc1cc(F)cc(C(Cl)c2cc(C)c(Br)s2)c1. The highest BCUT2D eigenvalue weighted by Crippen LogP contribution is 2.38. The molecule has 1 atom stereocenters. The fourth-order valence-corrected chi connectivity index (χ4v) is 3.58. The second-order valence-corrected chi connectivity index (χ2v) is 6.87. The van der Waals surface area contributed by atoms with Gasteiger partial charge in [0.05, 0.1) is 9.16 Å². The molecule has 2 rings (SSSR count). The van der Waals surface area contributed by atoms with E-state index in [4.69, 9.17) is 11.6 Å². The lowest BCUT2D eigenvalue weighted by atomic mass is 10.1. The predicted octanol–water partition coefficient (Wildman–Crippen LogP) is 5.59. The molecule has 0 amide bonds. The topological polar surface area (TPSA) is 0 Å². The Hall–Kier alpha value is -0.380. The Morgan fingerprint density at radius 3 is 2.47 bits per heavy atom. The van der Waals surface area contributed by atoms with Gasteiger partial charge in [0.2, 0.25) is 0 Å². The molecular formula is C13H11BrClFS. The standard InChI is InChI=1S/C13H11BrClFS/c1-7-3-9(6-10(16)4-7)12(15)11-5-8(2)13(14)17-11/h3-6,12H,1-2H3. The zero-order valence-corrected chi connectivity index (χ0v) is 12.6. The Morgan fingerprint density at radius 2 is 1.94 bits per heavy atom. The van der Waals surface area contributed by atoms with Crippen LogP contribution in [0, 0.1) is 19.7 Å². The van der Waals surface area contributed by atoms with Gasteiger partial charge in [0.25, 0.3) is 0 Å². The van der Waals surface area contributed by atoms with Gasteiger partial charge in [0.15, 0.2) is 0 Å². The zero-order chi connectivity index (χ0) is 12.6. The van der Waals surface area contributed by atoms with E-state index < -0.39 is 0 Å². The van der Waals surface area contributed by atoms with Crippen LogP contribution in [0.25, 0.3) is 0 Å². The van der Waals surface area contributed by atoms with Gasteiger partial charge >= 0.3 is 0 Å². The van der Waals surface area contributed by atoms with Crippen LogP contribution in [0.1, 0.15) is 26.9 Å². The lowest BCUT2D eigenvalue weighted by Gasteiger charge is -2.08. The maximum absolute atomic E-state index is 13.3. The first kappa shape index (κ1) is 13.1. The smallest absolute Gasteiger partial charge is 0.123 e. The highest BCUT2D eigenvalue weighted by molar-refractivity contribution is 9.11. The van der Waals surface area contributed by atoms with Crippen LogP contribution in [0.4, 0.5) is 4.39 Å². The molecule has 17 heavy (non-hydrogen) atoms. The molecule has 0 aliphatic rings. The number of hydrogen-bond donors (Lipinski definition) is 0. The van der Waals surface area contributed by atoms with Gasteiger partial charge in [-0.1, -0.05) is 6.07 Å². The quantitative estimate of drug-likeness (QED) is 0.628. The molecule has 0 aliphatic carbocycles. The van der Waals surface area contributed by atoms with Crippen LogP contribution in [-0.2, 0) is 0 Å². The van der Waals surface area contributed by atoms with Crippen LogP contribution in [0.15, 0.2) is 28.1 Å². The molecule has 1 aromatic heterocycles. The van der Waals surface area contributed by atoms with E-state index >= 15 is 0 Å². The summed E-state index contributed by atoms with van der Waals surface area (Å²) in [6.07, 6.45) is 0. The maximum Gasteiger partial charge on any atom is 0.123 e. The summed E-state index contributed by atoms with van der Waals surface area (Å²) in [6, 6.07) is 6.95. The van der Waals surface area contributed by atoms with Crippen LogP contribution >= 0.6 is 38.9 Å². The van der Waals surface area contributed by atoms with Crippen LogP contribution < -0.4 is 0 Å².